The predicted molar refractivity (Wildman–Crippen MR) is 50.0 cm³/mol. The van der Waals surface area contributed by atoms with Gasteiger partial charge in [-0.15, -0.1) is 0 Å². The normalized spacial score (nSPS) is 16.6. The van der Waals surface area contributed by atoms with E-state index in [9.17, 15) is 8.42 Å². The van der Waals surface area contributed by atoms with Crippen LogP contribution in [0.15, 0.2) is 4.52 Å². The number of sulfonamides is 1. The highest BCUT2D eigenvalue weighted by molar-refractivity contribution is 7.88. The first-order valence-corrected chi connectivity index (χ1v) is 6.24. The Morgan fingerprint density at radius 1 is 1.36 bits per heavy atom. The van der Waals surface area contributed by atoms with Gasteiger partial charge in [0.15, 0.2) is 0 Å². The van der Waals surface area contributed by atoms with Gasteiger partial charge in [-0.25, -0.2) is 13.6 Å². The molecule has 0 aromatic carbocycles. The molecule has 0 bridgehead atoms. The molecule has 6 heteroatoms. The number of aromatic nitrogens is 1. The number of hydrogen-bond acceptors (Lipinski definition) is 4. The van der Waals surface area contributed by atoms with Gasteiger partial charge in [0, 0.05) is 12.0 Å². The second kappa shape index (κ2) is 3.36. The second-order valence-corrected chi connectivity index (χ2v) is 5.16. The fraction of sp³-hybridized carbons (Fsp3) is 0.625. The van der Waals surface area contributed by atoms with E-state index in [0.717, 1.165) is 37.0 Å². The Labute approximate surface area is 82.3 Å². The molecule has 0 atom stereocenters. The van der Waals surface area contributed by atoms with E-state index in [1.54, 1.807) is 0 Å². The molecule has 1 aliphatic carbocycles. The molecule has 0 unspecified atom stereocenters. The topological polar surface area (TPSA) is 86.2 Å². The van der Waals surface area contributed by atoms with Crippen molar-refractivity contribution in [2.45, 2.75) is 31.4 Å². The fourth-order valence-electron chi connectivity index (χ4n) is 1.75. The highest BCUT2D eigenvalue weighted by atomic mass is 32.2. The van der Waals surface area contributed by atoms with Crippen LogP contribution >= 0.6 is 0 Å². The number of fused-ring (bicyclic) bond motifs is 1. The summed E-state index contributed by atoms with van der Waals surface area (Å²) in [5.41, 5.74) is 1.44. The molecule has 1 aromatic heterocycles. The van der Waals surface area contributed by atoms with Gasteiger partial charge in [0.1, 0.15) is 17.2 Å². The molecule has 0 saturated heterocycles. The Kier molecular flexibility index (Phi) is 2.32. The van der Waals surface area contributed by atoms with Gasteiger partial charge >= 0.3 is 0 Å². The molecule has 0 saturated carbocycles. The SMILES string of the molecule is NS(=O)(=O)Cc1noc2c1CCCC2. The van der Waals surface area contributed by atoms with E-state index in [0.29, 0.717) is 5.69 Å². The third kappa shape index (κ3) is 1.96. The number of primary sulfonamides is 1. The monoisotopic (exact) mass is 216 g/mol. The lowest BCUT2D eigenvalue weighted by molar-refractivity contribution is 0.369. The summed E-state index contributed by atoms with van der Waals surface area (Å²) in [5, 5.41) is 8.70. The maximum absolute atomic E-state index is 10.9. The van der Waals surface area contributed by atoms with Crippen LogP contribution in [0.2, 0.25) is 0 Å². The summed E-state index contributed by atoms with van der Waals surface area (Å²) >= 11 is 0. The van der Waals surface area contributed by atoms with Crippen molar-refractivity contribution in [2.75, 3.05) is 0 Å². The molecular weight excluding hydrogens is 204 g/mol. The first-order valence-electron chi connectivity index (χ1n) is 4.53. The number of nitrogens with zero attached hydrogens (tertiary/aromatic N) is 1. The number of hydrogen-bond donors (Lipinski definition) is 1. The molecule has 0 radical (unpaired) electrons. The van der Waals surface area contributed by atoms with E-state index in [1.807, 2.05) is 0 Å². The van der Waals surface area contributed by atoms with E-state index in [2.05, 4.69) is 5.16 Å². The summed E-state index contributed by atoms with van der Waals surface area (Å²) in [6.45, 7) is 0. The van der Waals surface area contributed by atoms with Crippen molar-refractivity contribution in [3.8, 4) is 0 Å². The van der Waals surface area contributed by atoms with Crippen molar-refractivity contribution >= 4 is 10.0 Å². The Balaban J connectivity index is 2.31. The summed E-state index contributed by atoms with van der Waals surface area (Å²) in [4.78, 5) is 0. The lowest BCUT2D eigenvalue weighted by Gasteiger charge is -2.08. The van der Waals surface area contributed by atoms with Crippen LogP contribution in [0.4, 0.5) is 0 Å². The third-order valence-corrected chi connectivity index (χ3v) is 3.05. The zero-order chi connectivity index (χ0) is 10.2. The van der Waals surface area contributed by atoms with E-state index in [4.69, 9.17) is 9.66 Å². The van der Waals surface area contributed by atoms with Crippen molar-refractivity contribution in [1.29, 1.82) is 0 Å². The van der Waals surface area contributed by atoms with Gasteiger partial charge in [0.05, 0.1) is 0 Å². The van der Waals surface area contributed by atoms with Crippen molar-refractivity contribution in [3.05, 3.63) is 17.0 Å². The van der Waals surface area contributed by atoms with Crippen LogP contribution in [-0.2, 0) is 28.6 Å². The van der Waals surface area contributed by atoms with Crippen LogP contribution in [-0.4, -0.2) is 13.6 Å². The first kappa shape index (κ1) is 9.67. The highest BCUT2D eigenvalue weighted by Gasteiger charge is 2.21. The van der Waals surface area contributed by atoms with E-state index >= 15 is 0 Å². The Morgan fingerprint density at radius 2 is 2.07 bits per heavy atom. The van der Waals surface area contributed by atoms with Crippen molar-refractivity contribution < 1.29 is 12.9 Å². The van der Waals surface area contributed by atoms with E-state index in [-0.39, 0.29) is 5.75 Å². The molecule has 14 heavy (non-hydrogen) atoms. The van der Waals surface area contributed by atoms with Crippen LogP contribution in [0.25, 0.3) is 0 Å². The second-order valence-electron chi connectivity index (χ2n) is 3.55. The lowest BCUT2D eigenvalue weighted by atomic mass is 9.97. The summed E-state index contributed by atoms with van der Waals surface area (Å²) < 4.78 is 26.8. The average molecular weight is 216 g/mol. The highest BCUT2D eigenvalue weighted by Crippen LogP contribution is 2.24. The Bertz CT molecular complexity index is 435. The molecule has 1 aliphatic rings. The molecule has 0 aliphatic heterocycles. The van der Waals surface area contributed by atoms with Crippen LogP contribution in [0.3, 0.4) is 0 Å². The summed E-state index contributed by atoms with van der Waals surface area (Å²) in [5.74, 6) is 0.612. The largest absolute Gasteiger partial charge is 0.361 e. The number of aryl methyl sites for hydroxylation is 1. The van der Waals surface area contributed by atoms with Crippen LogP contribution in [0.5, 0.6) is 0 Å². The van der Waals surface area contributed by atoms with Crippen molar-refractivity contribution in [1.82, 2.24) is 5.16 Å². The third-order valence-electron chi connectivity index (χ3n) is 2.37. The number of rotatable bonds is 2. The zero-order valence-corrected chi connectivity index (χ0v) is 8.51. The zero-order valence-electron chi connectivity index (χ0n) is 7.69. The summed E-state index contributed by atoms with van der Waals surface area (Å²) in [7, 11) is -3.50. The van der Waals surface area contributed by atoms with Gasteiger partial charge in [0.25, 0.3) is 0 Å². The van der Waals surface area contributed by atoms with Gasteiger partial charge in [-0.05, 0) is 19.3 Å². The smallest absolute Gasteiger partial charge is 0.214 e. The van der Waals surface area contributed by atoms with Crippen molar-refractivity contribution in [2.24, 2.45) is 5.14 Å². The van der Waals surface area contributed by atoms with Gasteiger partial charge in [-0.1, -0.05) is 5.16 Å². The van der Waals surface area contributed by atoms with E-state index in [1.165, 1.54) is 0 Å². The quantitative estimate of drug-likeness (QED) is 0.772. The standard InChI is InChI=1S/C8H12N2O3S/c9-14(11,12)5-7-6-3-1-2-4-8(6)13-10-7/h1-5H2,(H2,9,11,12). The summed E-state index contributed by atoms with van der Waals surface area (Å²) in [6, 6.07) is 0. The minimum Gasteiger partial charge on any atom is -0.361 e. The van der Waals surface area contributed by atoms with E-state index < -0.39 is 10.0 Å². The minimum absolute atomic E-state index is 0.216. The minimum atomic E-state index is -3.50. The number of nitrogens with two attached hydrogens (primary N) is 1. The molecule has 1 heterocycles. The first-order chi connectivity index (χ1) is 6.56. The van der Waals surface area contributed by atoms with Gasteiger partial charge in [0.2, 0.25) is 10.0 Å². The molecule has 2 rings (SSSR count). The maximum atomic E-state index is 10.9. The molecule has 5 nitrogen and oxygen atoms in total. The Hall–Kier alpha value is -0.880. The molecular formula is C8H12N2O3S. The lowest BCUT2D eigenvalue weighted by Crippen LogP contribution is -2.16. The molecule has 0 amide bonds. The average Bonchev–Trinajstić information content (AvgIpc) is 2.47. The van der Waals surface area contributed by atoms with Gasteiger partial charge in [-0.2, -0.15) is 0 Å². The van der Waals surface area contributed by atoms with Gasteiger partial charge in [-0.3, -0.25) is 0 Å². The predicted octanol–water partition coefficient (Wildman–Crippen LogP) is 0.342. The molecule has 1 aromatic rings. The van der Waals surface area contributed by atoms with Crippen LogP contribution in [0.1, 0.15) is 29.9 Å². The molecule has 0 fully saturated rings. The molecule has 0 spiro atoms. The molecule has 2 N–H and O–H groups in total. The molecule has 78 valence electrons. The van der Waals surface area contributed by atoms with Crippen molar-refractivity contribution in [3.63, 3.8) is 0 Å². The van der Waals surface area contributed by atoms with Crippen LogP contribution < -0.4 is 5.14 Å². The summed E-state index contributed by atoms with van der Waals surface area (Å²) in [6.07, 6.45) is 3.85. The maximum Gasteiger partial charge on any atom is 0.214 e. The fourth-order valence-corrected chi connectivity index (χ4v) is 2.36. The van der Waals surface area contributed by atoms with Crippen LogP contribution in [0, 0.1) is 0 Å². The Morgan fingerprint density at radius 3 is 2.79 bits per heavy atom. The van der Waals surface area contributed by atoms with Gasteiger partial charge < -0.3 is 4.52 Å².